The molecule has 15 heteroatoms. The monoisotopic (exact) mass is 727 g/mol. The zero-order valence-electron chi connectivity index (χ0n) is 25.2. The van der Waals surface area contributed by atoms with E-state index in [1.54, 1.807) is 18.3 Å². The first-order valence-corrected chi connectivity index (χ1v) is 18.8. The number of hydrogen-bond donors (Lipinski definition) is 0. The second kappa shape index (κ2) is 17.8. The van der Waals surface area contributed by atoms with Crippen LogP contribution in [0.3, 0.4) is 0 Å². The molecular weight excluding hydrogens is 693 g/mol. The topological polar surface area (TPSA) is 124 Å². The molecular formula is C31H35Cl2N3O7S3. The smallest absolute Gasteiger partial charge is 0.264 e. The van der Waals surface area contributed by atoms with Crippen molar-refractivity contribution in [3.05, 3.63) is 93.8 Å². The maximum Gasteiger partial charge on any atom is 0.264 e. The van der Waals surface area contributed by atoms with Gasteiger partial charge in [0.15, 0.2) is 0 Å². The van der Waals surface area contributed by atoms with Crippen LogP contribution in [-0.4, -0.2) is 66.8 Å². The summed E-state index contributed by atoms with van der Waals surface area (Å²) in [6.07, 6.45) is 4.75. The molecule has 0 amide bonds. The van der Waals surface area contributed by atoms with Crippen LogP contribution in [0.15, 0.2) is 83.2 Å². The van der Waals surface area contributed by atoms with E-state index < -0.39 is 20.2 Å². The van der Waals surface area contributed by atoms with Crippen LogP contribution in [0.25, 0.3) is 11.3 Å². The summed E-state index contributed by atoms with van der Waals surface area (Å²) in [5, 5.41) is 3.53. The van der Waals surface area contributed by atoms with Gasteiger partial charge in [0.05, 0.1) is 37.1 Å². The lowest BCUT2D eigenvalue weighted by Crippen LogP contribution is -2.27. The highest BCUT2D eigenvalue weighted by atomic mass is 35.5. The Morgan fingerprint density at radius 2 is 1.43 bits per heavy atom. The van der Waals surface area contributed by atoms with E-state index in [0.717, 1.165) is 51.5 Å². The number of aromatic nitrogens is 1. The number of rotatable bonds is 17. The van der Waals surface area contributed by atoms with Crippen molar-refractivity contribution < 1.29 is 29.9 Å². The van der Waals surface area contributed by atoms with Crippen LogP contribution in [0, 0.1) is 0 Å². The van der Waals surface area contributed by atoms with Gasteiger partial charge < -0.3 is 9.64 Å². The van der Waals surface area contributed by atoms with Crippen molar-refractivity contribution >= 4 is 73.2 Å². The number of ether oxygens (including phenoxy) is 1. The summed E-state index contributed by atoms with van der Waals surface area (Å²) in [5.74, 6) is 0.736. The molecule has 0 aliphatic carbocycles. The van der Waals surface area contributed by atoms with E-state index in [0.29, 0.717) is 37.6 Å². The second-order valence-electron chi connectivity index (χ2n) is 10.0. The van der Waals surface area contributed by atoms with Gasteiger partial charge in [0.25, 0.3) is 20.2 Å². The van der Waals surface area contributed by atoms with Gasteiger partial charge in [0.2, 0.25) is 0 Å². The van der Waals surface area contributed by atoms with Crippen molar-refractivity contribution in [3.63, 3.8) is 0 Å². The number of halogens is 2. The molecule has 0 unspecified atom stereocenters. The Morgan fingerprint density at radius 3 is 2.00 bits per heavy atom. The Labute approximate surface area is 285 Å². The molecule has 0 aliphatic rings. The SMILES string of the molecule is CS(=O)(=O)OCCCN(CCCOS(C)(=O)=O)c1ccc(C=Nc2ccc(-c3csc(COc4ccc(Cl)cc4)n3)cc2)cc1.Cl. The minimum Gasteiger partial charge on any atom is -0.486 e. The van der Waals surface area contributed by atoms with Crippen molar-refractivity contribution in [1.29, 1.82) is 0 Å². The first-order valence-electron chi connectivity index (χ1n) is 13.9. The van der Waals surface area contributed by atoms with Crippen molar-refractivity contribution in [2.45, 2.75) is 19.4 Å². The van der Waals surface area contributed by atoms with E-state index in [1.807, 2.05) is 70.9 Å². The molecule has 46 heavy (non-hydrogen) atoms. The molecule has 0 saturated heterocycles. The molecule has 1 aromatic heterocycles. The largest absolute Gasteiger partial charge is 0.486 e. The van der Waals surface area contributed by atoms with Crippen LogP contribution in [0.2, 0.25) is 5.02 Å². The number of thiazole rings is 1. The number of nitrogens with zero attached hydrogens (tertiary/aromatic N) is 3. The molecule has 248 valence electrons. The summed E-state index contributed by atoms with van der Waals surface area (Å²) in [4.78, 5) is 11.3. The lowest BCUT2D eigenvalue weighted by atomic mass is 10.1. The van der Waals surface area contributed by atoms with Gasteiger partial charge in [-0.15, -0.1) is 23.7 Å². The summed E-state index contributed by atoms with van der Waals surface area (Å²) < 4.78 is 60.6. The number of anilines is 1. The predicted molar refractivity (Wildman–Crippen MR) is 187 cm³/mol. The molecule has 4 aromatic rings. The molecule has 10 nitrogen and oxygen atoms in total. The van der Waals surface area contributed by atoms with Crippen LogP contribution in [0.5, 0.6) is 5.75 Å². The van der Waals surface area contributed by atoms with E-state index in [1.165, 1.54) is 11.3 Å². The van der Waals surface area contributed by atoms with E-state index in [4.69, 9.17) is 24.7 Å². The zero-order chi connectivity index (χ0) is 32.3. The van der Waals surface area contributed by atoms with Crippen LogP contribution < -0.4 is 9.64 Å². The highest BCUT2D eigenvalue weighted by molar-refractivity contribution is 7.86. The number of hydrogen-bond acceptors (Lipinski definition) is 11. The van der Waals surface area contributed by atoms with Crippen molar-refractivity contribution in [1.82, 2.24) is 4.98 Å². The van der Waals surface area contributed by atoms with Gasteiger partial charge in [-0.3, -0.25) is 13.4 Å². The normalized spacial score (nSPS) is 11.8. The van der Waals surface area contributed by atoms with Gasteiger partial charge in [-0.25, -0.2) is 4.98 Å². The van der Waals surface area contributed by atoms with Crippen molar-refractivity contribution in [2.75, 3.05) is 43.7 Å². The summed E-state index contributed by atoms with van der Waals surface area (Å²) in [7, 11) is -7.03. The lowest BCUT2D eigenvalue weighted by Gasteiger charge is -2.25. The fourth-order valence-corrected chi connectivity index (χ4v) is 5.81. The maximum atomic E-state index is 11.3. The van der Waals surface area contributed by atoms with Crippen molar-refractivity contribution in [3.8, 4) is 17.0 Å². The number of benzene rings is 3. The van der Waals surface area contributed by atoms with Gasteiger partial charge in [0, 0.05) is 41.0 Å². The van der Waals surface area contributed by atoms with Gasteiger partial charge >= 0.3 is 0 Å². The van der Waals surface area contributed by atoms with Gasteiger partial charge in [0.1, 0.15) is 17.4 Å². The van der Waals surface area contributed by atoms with Crippen LogP contribution in [0.4, 0.5) is 11.4 Å². The van der Waals surface area contributed by atoms with Gasteiger partial charge in [-0.1, -0.05) is 35.9 Å². The average Bonchev–Trinajstić information content (AvgIpc) is 3.48. The molecule has 0 aliphatic heterocycles. The average molecular weight is 729 g/mol. The molecule has 3 aromatic carbocycles. The predicted octanol–water partition coefficient (Wildman–Crippen LogP) is 6.75. The number of aliphatic imine (C=N–C) groups is 1. The molecule has 0 saturated carbocycles. The van der Waals surface area contributed by atoms with E-state index in [-0.39, 0.29) is 25.6 Å². The van der Waals surface area contributed by atoms with Crippen LogP contribution in [0.1, 0.15) is 23.4 Å². The third kappa shape index (κ3) is 13.4. The fraction of sp³-hybridized carbons (Fsp3) is 0.290. The lowest BCUT2D eigenvalue weighted by molar-refractivity contribution is 0.305. The molecule has 0 spiro atoms. The molecule has 0 radical (unpaired) electrons. The molecule has 0 fully saturated rings. The summed E-state index contributed by atoms with van der Waals surface area (Å²) in [5.41, 5.74) is 4.44. The highest BCUT2D eigenvalue weighted by Crippen LogP contribution is 2.26. The Morgan fingerprint density at radius 1 is 0.848 bits per heavy atom. The van der Waals surface area contributed by atoms with Crippen molar-refractivity contribution in [2.24, 2.45) is 4.99 Å². The summed E-state index contributed by atoms with van der Waals surface area (Å²) in [6, 6.07) is 22.8. The Balaban J connectivity index is 0.00000576. The minimum atomic E-state index is -3.52. The molecule has 1 heterocycles. The molecule has 0 N–H and O–H groups in total. The zero-order valence-corrected chi connectivity index (χ0v) is 29.3. The van der Waals surface area contributed by atoms with Crippen LogP contribution >= 0.6 is 35.3 Å². The molecule has 0 bridgehead atoms. The Kier molecular flexibility index (Phi) is 14.4. The van der Waals surface area contributed by atoms with Gasteiger partial charge in [-0.05, 0) is 66.9 Å². The van der Waals surface area contributed by atoms with Crippen LogP contribution in [-0.2, 0) is 35.2 Å². The first-order chi connectivity index (χ1) is 21.4. The quantitative estimate of drug-likeness (QED) is 0.0660. The third-order valence-electron chi connectivity index (χ3n) is 6.25. The van der Waals surface area contributed by atoms with E-state index in [2.05, 4.69) is 9.98 Å². The molecule has 4 rings (SSSR count). The first kappa shape index (κ1) is 37.4. The Hall–Kier alpha value is -3.04. The van der Waals surface area contributed by atoms with E-state index >= 15 is 0 Å². The van der Waals surface area contributed by atoms with Gasteiger partial charge in [-0.2, -0.15) is 16.8 Å². The summed E-state index contributed by atoms with van der Waals surface area (Å²) >= 11 is 7.46. The Bertz CT molecular complexity index is 1730. The van der Waals surface area contributed by atoms with E-state index in [9.17, 15) is 16.8 Å². The highest BCUT2D eigenvalue weighted by Gasteiger charge is 2.10. The maximum absolute atomic E-state index is 11.3. The second-order valence-corrected chi connectivity index (χ2v) is 14.7. The fourth-order valence-electron chi connectivity index (χ4n) is 4.13. The minimum absolute atomic E-state index is 0. The standard InChI is InChI=1S/C31H34ClN3O7S3.ClH/c1-44(36,37)41-19-3-17-35(18-4-20-42-45(2,38)39)28-13-5-24(6-14-28)21-33-27-11-7-25(8-12-27)30-23-43-31(34-30)22-40-29-15-9-26(32)10-16-29;/h5-16,21,23H,3-4,17-20,22H2,1-2H3;1H. The summed E-state index contributed by atoms with van der Waals surface area (Å²) in [6.45, 7) is 1.52. The third-order valence-corrected chi connectivity index (χ3v) is 8.52. The molecule has 0 atom stereocenters.